The molecule has 9 nitrogen and oxygen atoms in total. The number of hydrogen-bond donors (Lipinski definition) is 1. The third-order valence-electron chi connectivity index (χ3n) is 8.80. The molecule has 0 aliphatic carbocycles. The Balaban J connectivity index is 4.55. The topological polar surface area (TPSA) is 108 Å². The number of rotatable bonds is 38. The largest absolute Gasteiger partial charge is 0.472 e. The molecular formula is C45H81NO8P+. The van der Waals surface area contributed by atoms with Gasteiger partial charge in [-0.1, -0.05) is 152 Å². The lowest BCUT2D eigenvalue weighted by molar-refractivity contribution is -0.870. The lowest BCUT2D eigenvalue weighted by atomic mass is 10.1. The number of esters is 2. The van der Waals surface area contributed by atoms with Gasteiger partial charge < -0.3 is 18.9 Å². The van der Waals surface area contributed by atoms with Crippen molar-refractivity contribution in [1.82, 2.24) is 0 Å². The van der Waals surface area contributed by atoms with Crippen LogP contribution in [0.2, 0.25) is 0 Å². The van der Waals surface area contributed by atoms with Crippen LogP contribution >= 0.6 is 7.82 Å². The Morgan fingerprint density at radius 2 is 0.982 bits per heavy atom. The van der Waals surface area contributed by atoms with Crippen LogP contribution in [0.25, 0.3) is 0 Å². The molecule has 0 spiro atoms. The van der Waals surface area contributed by atoms with Gasteiger partial charge in [0.1, 0.15) is 19.8 Å². The maximum absolute atomic E-state index is 12.6. The maximum Gasteiger partial charge on any atom is 0.472 e. The highest BCUT2D eigenvalue weighted by Crippen LogP contribution is 2.43. The number of carbonyl (C=O) groups is 2. The molecule has 0 amide bonds. The van der Waals surface area contributed by atoms with Crippen LogP contribution in [-0.2, 0) is 32.7 Å². The van der Waals surface area contributed by atoms with E-state index in [1.54, 1.807) is 0 Å². The van der Waals surface area contributed by atoms with E-state index in [1.807, 2.05) is 39.4 Å². The van der Waals surface area contributed by atoms with Crippen LogP contribution < -0.4 is 0 Å². The summed E-state index contributed by atoms with van der Waals surface area (Å²) in [5, 5.41) is 0. The SMILES string of the molecule is CCCCCC/C=C\C/C=C\C/C=C\C/C=C\CCC(=O)OC(COC(=O)CC/C=C\CCCCCCCCCCCC)COP(=O)(O)OCC[N+](C)(C)C. The van der Waals surface area contributed by atoms with Crippen LogP contribution in [-0.4, -0.2) is 74.9 Å². The molecule has 0 saturated heterocycles. The zero-order valence-corrected chi connectivity index (χ0v) is 36.5. The second-order valence-corrected chi connectivity index (χ2v) is 16.8. The average molecular weight is 795 g/mol. The highest BCUT2D eigenvalue weighted by atomic mass is 31.2. The van der Waals surface area contributed by atoms with Gasteiger partial charge in [0.15, 0.2) is 6.10 Å². The van der Waals surface area contributed by atoms with Crippen LogP contribution in [0, 0.1) is 0 Å². The van der Waals surface area contributed by atoms with Gasteiger partial charge in [0.2, 0.25) is 0 Å². The summed E-state index contributed by atoms with van der Waals surface area (Å²) in [6, 6.07) is 0. The van der Waals surface area contributed by atoms with Gasteiger partial charge >= 0.3 is 19.8 Å². The zero-order valence-electron chi connectivity index (χ0n) is 35.6. The lowest BCUT2D eigenvalue weighted by Crippen LogP contribution is -2.37. The highest BCUT2D eigenvalue weighted by molar-refractivity contribution is 7.47. The molecular weight excluding hydrogens is 713 g/mol. The van der Waals surface area contributed by atoms with Crippen molar-refractivity contribution >= 4 is 19.8 Å². The zero-order chi connectivity index (χ0) is 40.7. The van der Waals surface area contributed by atoms with E-state index in [0.717, 1.165) is 32.1 Å². The van der Waals surface area contributed by atoms with Crippen molar-refractivity contribution < 1.29 is 42.1 Å². The molecule has 10 heteroatoms. The number of nitrogens with zero attached hydrogens (tertiary/aromatic N) is 1. The summed E-state index contributed by atoms with van der Waals surface area (Å²) >= 11 is 0. The molecule has 0 aromatic rings. The molecule has 0 bridgehead atoms. The Morgan fingerprint density at radius 3 is 1.51 bits per heavy atom. The average Bonchev–Trinajstić information content (AvgIpc) is 3.13. The van der Waals surface area contributed by atoms with E-state index in [-0.39, 0.29) is 26.1 Å². The first-order valence-electron chi connectivity index (χ1n) is 21.5. The maximum atomic E-state index is 12.6. The van der Waals surface area contributed by atoms with Crippen LogP contribution in [0.5, 0.6) is 0 Å². The van der Waals surface area contributed by atoms with Crippen molar-refractivity contribution in [2.75, 3.05) is 47.5 Å². The van der Waals surface area contributed by atoms with E-state index in [0.29, 0.717) is 23.9 Å². The smallest absolute Gasteiger partial charge is 0.462 e. The Morgan fingerprint density at radius 1 is 0.564 bits per heavy atom. The van der Waals surface area contributed by atoms with Gasteiger partial charge in [0, 0.05) is 12.8 Å². The third kappa shape index (κ3) is 41.2. The van der Waals surface area contributed by atoms with E-state index in [2.05, 4.69) is 56.4 Å². The van der Waals surface area contributed by atoms with Gasteiger partial charge in [-0.3, -0.25) is 18.6 Å². The highest BCUT2D eigenvalue weighted by Gasteiger charge is 2.27. The Kier molecular flexibility index (Phi) is 35.7. The number of carbonyl (C=O) groups excluding carboxylic acids is 2. The van der Waals surface area contributed by atoms with Crippen molar-refractivity contribution in [2.24, 2.45) is 0 Å². The third-order valence-corrected chi connectivity index (χ3v) is 9.78. The molecule has 1 N–H and O–H groups in total. The fraction of sp³-hybridized carbons (Fsp3) is 0.733. The van der Waals surface area contributed by atoms with Crippen LogP contribution in [0.4, 0.5) is 0 Å². The Hall–Kier alpha value is -2.29. The molecule has 0 aromatic heterocycles. The molecule has 0 saturated carbocycles. The summed E-state index contributed by atoms with van der Waals surface area (Å²) in [6.45, 7) is 4.26. The fourth-order valence-electron chi connectivity index (χ4n) is 5.39. The molecule has 0 aliphatic rings. The van der Waals surface area contributed by atoms with Crippen molar-refractivity contribution in [3.8, 4) is 0 Å². The molecule has 0 aromatic carbocycles. The quantitative estimate of drug-likeness (QED) is 0.0216. The number of unbranched alkanes of at least 4 members (excludes halogenated alkanes) is 14. The first-order valence-corrected chi connectivity index (χ1v) is 23.0. The minimum atomic E-state index is -4.40. The fourth-order valence-corrected chi connectivity index (χ4v) is 6.13. The summed E-state index contributed by atoms with van der Waals surface area (Å²) in [4.78, 5) is 35.2. The number of allylic oxidation sites excluding steroid dienone is 10. The first-order chi connectivity index (χ1) is 26.5. The predicted molar refractivity (Wildman–Crippen MR) is 229 cm³/mol. The molecule has 0 aliphatic heterocycles. The number of ether oxygens (including phenoxy) is 2. The summed E-state index contributed by atoms with van der Waals surface area (Å²) in [5.41, 5.74) is 0. The second kappa shape index (κ2) is 37.3. The minimum Gasteiger partial charge on any atom is -0.462 e. The van der Waals surface area contributed by atoms with Gasteiger partial charge in [-0.05, 0) is 57.8 Å². The number of phosphoric acid groups is 1. The number of phosphoric ester groups is 1. The molecule has 0 fully saturated rings. The predicted octanol–water partition coefficient (Wildman–Crippen LogP) is 12.1. The van der Waals surface area contributed by atoms with Crippen molar-refractivity contribution in [2.45, 2.75) is 168 Å². The van der Waals surface area contributed by atoms with Gasteiger partial charge in [-0.2, -0.15) is 0 Å². The van der Waals surface area contributed by atoms with E-state index in [9.17, 15) is 19.0 Å². The molecule has 55 heavy (non-hydrogen) atoms. The summed E-state index contributed by atoms with van der Waals surface area (Å²) in [7, 11) is 1.41. The number of quaternary nitrogens is 1. The van der Waals surface area contributed by atoms with Crippen LogP contribution in [0.1, 0.15) is 162 Å². The molecule has 0 heterocycles. The second-order valence-electron chi connectivity index (χ2n) is 15.4. The molecule has 2 atom stereocenters. The summed E-state index contributed by atoms with van der Waals surface area (Å²) < 4.78 is 34.1. The number of likely N-dealkylation sites (N-methyl/N-ethyl adjacent to an activating group) is 1. The summed E-state index contributed by atoms with van der Waals surface area (Å²) in [6.07, 6.45) is 44.4. The Bertz CT molecular complexity index is 1120. The van der Waals surface area contributed by atoms with E-state index in [1.165, 1.54) is 89.9 Å². The molecule has 0 rings (SSSR count). The monoisotopic (exact) mass is 795 g/mol. The van der Waals surface area contributed by atoms with Gasteiger partial charge in [-0.15, -0.1) is 0 Å². The molecule has 0 radical (unpaired) electrons. The van der Waals surface area contributed by atoms with Gasteiger partial charge in [0.25, 0.3) is 0 Å². The van der Waals surface area contributed by atoms with E-state index < -0.39 is 32.5 Å². The van der Waals surface area contributed by atoms with Crippen molar-refractivity contribution in [1.29, 1.82) is 0 Å². The van der Waals surface area contributed by atoms with Crippen molar-refractivity contribution in [3.05, 3.63) is 60.8 Å². The standard InChI is InChI=1S/C45H80NO8P/c1-6-8-10-12-14-16-18-20-22-23-24-26-28-30-32-34-36-38-45(48)54-43(42-53-55(49,50)52-40-39-46(3,4)5)41-51-44(47)37-35-33-31-29-27-25-21-19-17-15-13-11-9-7-2/h16,18,22-23,26,28,31-34,43H,6-15,17,19-21,24-25,27,29-30,35-42H2,1-5H3/p+1/b18-16-,23-22-,28-26-,33-31-,34-32-. The molecule has 2 unspecified atom stereocenters. The lowest BCUT2D eigenvalue weighted by Gasteiger charge is -2.24. The van der Waals surface area contributed by atoms with Crippen molar-refractivity contribution in [3.63, 3.8) is 0 Å². The number of hydrogen-bond acceptors (Lipinski definition) is 7. The van der Waals surface area contributed by atoms with E-state index >= 15 is 0 Å². The Labute approximate surface area is 336 Å². The first kappa shape index (κ1) is 52.7. The van der Waals surface area contributed by atoms with E-state index in [4.69, 9.17) is 18.5 Å². The minimum absolute atomic E-state index is 0.0125. The summed E-state index contributed by atoms with van der Waals surface area (Å²) in [5.74, 6) is -0.953. The van der Waals surface area contributed by atoms with Crippen LogP contribution in [0.3, 0.4) is 0 Å². The van der Waals surface area contributed by atoms with Gasteiger partial charge in [-0.25, -0.2) is 4.57 Å². The van der Waals surface area contributed by atoms with Crippen LogP contribution in [0.15, 0.2) is 60.8 Å². The van der Waals surface area contributed by atoms with Gasteiger partial charge in [0.05, 0.1) is 27.7 Å². The molecule has 318 valence electrons. The normalized spacial score (nSPS) is 14.2.